The first-order valence-corrected chi connectivity index (χ1v) is 12.5. The highest BCUT2D eigenvalue weighted by atomic mass is 16.2. The molecule has 37 heavy (non-hydrogen) atoms. The van der Waals surface area contributed by atoms with Crippen LogP contribution >= 0.6 is 0 Å². The van der Waals surface area contributed by atoms with Crippen LogP contribution in [-0.2, 0) is 4.79 Å². The van der Waals surface area contributed by atoms with Crippen molar-refractivity contribution >= 4 is 29.6 Å². The number of fused-ring (bicyclic) bond motifs is 1. The Morgan fingerprint density at radius 3 is 2.62 bits per heavy atom. The van der Waals surface area contributed by atoms with Gasteiger partial charge >= 0.3 is 6.03 Å². The van der Waals surface area contributed by atoms with Gasteiger partial charge in [-0.3, -0.25) is 19.3 Å². The number of hydrogen-bond donors (Lipinski definition) is 2. The number of nitrogens with two attached hydrogens (primary N) is 1. The fraction of sp³-hybridized carbons (Fsp3) is 0.500. The molecule has 2 saturated heterocycles. The summed E-state index contributed by atoms with van der Waals surface area (Å²) in [5, 5.41) is 2.52. The molecule has 0 aliphatic carbocycles. The Kier molecular flexibility index (Phi) is 7.63. The van der Waals surface area contributed by atoms with Crippen LogP contribution in [-0.4, -0.2) is 108 Å². The summed E-state index contributed by atoms with van der Waals surface area (Å²) in [7, 11) is 3.11. The molecule has 3 aliphatic rings. The number of likely N-dealkylation sites (tertiary alicyclic amines) is 1. The molecule has 0 radical (unpaired) electrons. The third-order valence-electron chi connectivity index (χ3n) is 6.98. The normalized spacial score (nSPS) is 23.6. The monoisotopic (exact) mass is 509 g/mol. The topological polar surface area (TPSA) is 132 Å². The lowest BCUT2D eigenvalue weighted by Gasteiger charge is -2.42. The Morgan fingerprint density at radius 1 is 1.22 bits per heavy atom. The predicted octanol–water partition coefficient (Wildman–Crippen LogP) is 0.879. The van der Waals surface area contributed by atoms with E-state index in [1.165, 1.54) is 18.0 Å². The van der Waals surface area contributed by atoms with Gasteiger partial charge in [0.05, 0.1) is 6.54 Å². The van der Waals surface area contributed by atoms with Crippen LogP contribution < -0.4 is 11.1 Å². The number of guanidine groups is 1. The lowest BCUT2D eigenvalue weighted by molar-refractivity contribution is -0.136. The Morgan fingerprint density at radius 2 is 1.95 bits per heavy atom. The number of ketones is 1. The van der Waals surface area contributed by atoms with Gasteiger partial charge in [0, 0.05) is 50.9 Å². The van der Waals surface area contributed by atoms with Gasteiger partial charge < -0.3 is 25.8 Å². The minimum atomic E-state index is -0.753. The Balaban J connectivity index is 1.61. The molecule has 0 spiro atoms. The molecule has 3 heterocycles. The van der Waals surface area contributed by atoms with E-state index in [2.05, 4.69) is 10.2 Å². The van der Waals surface area contributed by atoms with Gasteiger partial charge in [0.2, 0.25) is 0 Å². The second-order valence-electron chi connectivity index (χ2n) is 9.97. The first-order chi connectivity index (χ1) is 17.6. The number of aliphatic imine (C=N–C) groups is 1. The van der Waals surface area contributed by atoms with Crippen molar-refractivity contribution in [2.75, 3.05) is 40.3 Å². The van der Waals surface area contributed by atoms with E-state index in [4.69, 9.17) is 10.7 Å². The molecule has 0 aromatic heterocycles. The molecule has 3 aliphatic heterocycles. The van der Waals surface area contributed by atoms with E-state index < -0.39 is 36.5 Å². The van der Waals surface area contributed by atoms with Gasteiger partial charge in [-0.1, -0.05) is 23.8 Å². The molecular weight excluding hydrogens is 474 g/mol. The Hall–Kier alpha value is -3.73. The van der Waals surface area contributed by atoms with Crippen LogP contribution in [0.2, 0.25) is 0 Å². The van der Waals surface area contributed by atoms with Crippen molar-refractivity contribution < 1.29 is 19.2 Å². The minimum absolute atomic E-state index is 0.0131. The van der Waals surface area contributed by atoms with Crippen molar-refractivity contribution in [1.82, 2.24) is 24.9 Å². The zero-order valence-corrected chi connectivity index (χ0v) is 21.8. The van der Waals surface area contributed by atoms with Crippen molar-refractivity contribution in [3.63, 3.8) is 0 Å². The third-order valence-corrected chi connectivity index (χ3v) is 6.98. The van der Waals surface area contributed by atoms with Gasteiger partial charge in [0.25, 0.3) is 11.8 Å². The number of Topliss-reactive ketones (excluding diaryl/α,β-unsaturated/α-hetero) is 1. The molecule has 1 aromatic carbocycles. The molecule has 11 nitrogen and oxygen atoms in total. The van der Waals surface area contributed by atoms with Crippen molar-refractivity contribution in [3.05, 3.63) is 47.0 Å². The largest absolute Gasteiger partial charge is 0.355 e. The summed E-state index contributed by atoms with van der Waals surface area (Å²) in [6.07, 6.45) is 3.18. The van der Waals surface area contributed by atoms with Crippen LogP contribution in [0.4, 0.5) is 4.79 Å². The van der Waals surface area contributed by atoms with Gasteiger partial charge in [-0.25, -0.2) is 9.79 Å². The van der Waals surface area contributed by atoms with Crippen molar-refractivity contribution in [1.29, 1.82) is 0 Å². The standard InChI is InChI=1S/C26H35N7O4/c1-16(2)10-12-32-21-22(29-25(32)31-11-6-9-19(27)14-31)30(4)26(37)33(24(21)36)15-20(34)17-7-5-8-18(13-17)23(35)28-3/h5,7-8,10,13,19,21-22H,6,9,11-12,14-15,27H2,1-4H3,(H,28,35). The van der Waals surface area contributed by atoms with E-state index in [0.29, 0.717) is 24.6 Å². The van der Waals surface area contributed by atoms with Gasteiger partial charge in [-0.05, 0) is 38.8 Å². The summed E-state index contributed by atoms with van der Waals surface area (Å²) >= 11 is 0. The van der Waals surface area contributed by atoms with Crippen molar-refractivity contribution in [3.8, 4) is 0 Å². The van der Waals surface area contributed by atoms with Crippen molar-refractivity contribution in [2.24, 2.45) is 10.7 Å². The molecule has 3 unspecified atom stereocenters. The summed E-state index contributed by atoms with van der Waals surface area (Å²) in [5.74, 6) is -0.574. The van der Waals surface area contributed by atoms with E-state index in [1.807, 2.05) is 24.8 Å². The van der Waals surface area contributed by atoms with E-state index in [-0.39, 0.29) is 17.5 Å². The number of carbonyl (C=O) groups is 4. The molecule has 2 fully saturated rings. The Labute approximate surface area is 216 Å². The SMILES string of the molecule is CNC(=O)c1cccc(C(=O)CN2C(=O)C3C(N=C(N4CCCC(N)C4)N3CC=C(C)C)N(C)C2=O)c1. The summed E-state index contributed by atoms with van der Waals surface area (Å²) in [4.78, 5) is 63.4. The number of hydrogen-bond acceptors (Lipinski definition) is 8. The second-order valence-corrected chi connectivity index (χ2v) is 9.97. The maximum absolute atomic E-state index is 13.8. The summed E-state index contributed by atoms with van der Waals surface area (Å²) in [5.41, 5.74) is 7.89. The number of piperidine rings is 1. The second kappa shape index (κ2) is 10.7. The van der Waals surface area contributed by atoms with E-state index in [9.17, 15) is 19.2 Å². The highest BCUT2D eigenvalue weighted by Gasteiger charge is 2.53. The number of nitrogens with zero attached hydrogens (tertiary/aromatic N) is 5. The van der Waals surface area contributed by atoms with E-state index in [0.717, 1.165) is 29.9 Å². The summed E-state index contributed by atoms with van der Waals surface area (Å²) in [6, 6.07) is 4.90. The number of nitrogens with one attached hydrogen (secondary N) is 1. The first kappa shape index (κ1) is 26.3. The van der Waals surface area contributed by atoms with E-state index >= 15 is 0 Å². The minimum Gasteiger partial charge on any atom is -0.355 e. The van der Waals surface area contributed by atoms with Crippen molar-refractivity contribution in [2.45, 2.75) is 44.9 Å². The highest BCUT2D eigenvalue weighted by Crippen LogP contribution is 2.30. The van der Waals surface area contributed by atoms with Crippen LogP contribution in [0.15, 0.2) is 40.9 Å². The average molecular weight is 510 g/mol. The van der Waals surface area contributed by atoms with Gasteiger partial charge in [0.15, 0.2) is 24.0 Å². The first-order valence-electron chi connectivity index (χ1n) is 12.5. The van der Waals surface area contributed by atoms with E-state index in [1.54, 1.807) is 25.2 Å². The highest BCUT2D eigenvalue weighted by molar-refractivity contribution is 6.09. The smallest absolute Gasteiger partial charge is 0.328 e. The zero-order valence-electron chi connectivity index (χ0n) is 21.8. The number of carbonyl (C=O) groups excluding carboxylic acids is 4. The number of urea groups is 1. The molecule has 4 amide bonds. The number of allylic oxidation sites excluding steroid dienone is 1. The number of likely N-dealkylation sites (N-methyl/N-ethyl adjacent to an activating group) is 1. The third kappa shape index (κ3) is 5.22. The molecule has 4 rings (SSSR count). The van der Waals surface area contributed by atoms with Crippen LogP contribution in [0.25, 0.3) is 0 Å². The average Bonchev–Trinajstić information content (AvgIpc) is 3.28. The zero-order chi connectivity index (χ0) is 26.9. The Bertz CT molecular complexity index is 1160. The van der Waals surface area contributed by atoms with Crippen LogP contribution in [0, 0.1) is 0 Å². The van der Waals surface area contributed by atoms with Crippen LogP contribution in [0.1, 0.15) is 47.4 Å². The molecule has 0 saturated carbocycles. The molecular formula is C26H35N7O4. The quantitative estimate of drug-likeness (QED) is 0.430. The lowest BCUT2D eigenvalue weighted by atomic mass is 10.0. The van der Waals surface area contributed by atoms with Gasteiger partial charge in [-0.2, -0.15) is 0 Å². The van der Waals surface area contributed by atoms with Gasteiger partial charge in [0.1, 0.15) is 0 Å². The maximum Gasteiger partial charge on any atom is 0.328 e. The summed E-state index contributed by atoms with van der Waals surface area (Å²) < 4.78 is 0. The molecule has 0 bridgehead atoms. The summed E-state index contributed by atoms with van der Waals surface area (Å²) in [6.45, 7) is 5.38. The lowest BCUT2D eigenvalue weighted by Crippen LogP contribution is -2.66. The van der Waals surface area contributed by atoms with Crippen LogP contribution in [0.5, 0.6) is 0 Å². The molecule has 3 N–H and O–H groups in total. The molecule has 3 atom stereocenters. The molecule has 11 heteroatoms. The number of rotatable bonds is 6. The predicted molar refractivity (Wildman–Crippen MR) is 139 cm³/mol. The molecule has 1 aromatic rings. The number of amides is 4. The van der Waals surface area contributed by atoms with Crippen LogP contribution in [0.3, 0.4) is 0 Å². The fourth-order valence-corrected chi connectivity index (χ4v) is 4.95. The fourth-order valence-electron chi connectivity index (χ4n) is 4.95. The number of imide groups is 1. The number of benzene rings is 1. The molecule has 198 valence electrons. The maximum atomic E-state index is 13.8. The van der Waals surface area contributed by atoms with Gasteiger partial charge in [-0.15, -0.1) is 0 Å².